The molecule has 0 bridgehead atoms. The Kier molecular flexibility index (Phi) is 10.8. The summed E-state index contributed by atoms with van der Waals surface area (Å²) in [6, 6.07) is 14.3. The fraction of sp³-hybridized carbons (Fsp3) is 0.500. The SMILES string of the molecule is CCCCCCCCOc1ccc2c(OCc3ccccc3)c(O[C@@H]3O[C@H](CO)[C@@H](O)[C@H](O)[C@@H]3O)c(=O)oc2c1. The van der Waals surface area contributed by atoms with Crippen molar-refractivity contribution in [2.75, 3.05) is 13.2 Å². The molecule has 218 valence electrons. The van der Waals surface area contributed by atoms with Crippen LogP contribution in [0.25, 0.3) is 11.0 Å². The van der Waals surface area contributed by atoms with Gasteiger partial charge in [0.25, 0.3) is 5.75 Å². The monoisotopic (exact) mass is 558 g/mol. The molecule has 1 aliphatic heterocycles. The lowest BCUT2D eigenvalue weighted by atomic mass is 9.99. The van der Waals surface area contributed by atoms with Gasteiger partial charge in [-0.05, 0) is 24.1 Å². The van der Waals surface area contributed by atoms with E-state index < -0.39 is 42.9 Å². The maximum absolute atomic E-state index is 13.1. The molecule has 4 N–H and O–H groups in total. The van der Waals surface area contributed by atoms with Gasteiger partial charge >= 0.3 is 5.63 Å². The molecule has 1 fully saturated rings. The summed E-state index contributed by atoms with van der Waals surface area (Å²) in [5.74, 6) is 0.212. The highest BCUT2D eigenvalue weighted by molar-refractivity contribution is 5.86. The van der Waals surface area contributed by atoms with Crippen LogP contribution >= 0.6 is 0 Å². The van der Waals surface area contributed by atoms with Gasteiger partial charge in [0.2, 0.25) is 6.29 Å². The number of unbranched alkanes of at least 4 members (excludes halogenated alkanes) is 5. The Labute approximate surface area is 232 Å². The standard InChI is InChI=1S/C30H38O10/c1-2-3-4-5-6-10-15-36-20-13-14-21-22(16-20)38-29(35)28(27(21)37-18-19-11-8-7-9-12-19)40-30-26(34)25(33)24(32)23(17-31)39-30/h7-9,11-14,16,23-26,30-34H,2-6,10,15,17-18H2,1H3/t23-,24-,25+,26+,30+/m1/s1. The van der Waals surface area contributed by atoms with Crippen LogP contribution in [0.3, 0.4) is 0 Å². The van der Waals surface area contributed by atoms with Crippen LogP contribution in [0.1, 0.15) is 51.0 Å². The van der Waals surface area contributed by atoms with Gasteiger partial charge in [0.05, 0.1) is 18.6 Å². The third-order valence-electron chi connectivity index (χ3n) is 6.87. The summed E-state index contributed by atoms with van der Waals surface area (Å²) in [4.78, 5) is 13.1. The first kappa shape index (κ1) is 29.8. The third-order valence-corrected chi connectivity index (χ3v) is 6.87. The fourth-order valence-electron chi connectivity index (χ4n) is 4.55. The van der Waals surface area contributed by atoms with Gasteiger partial charge in [0.15, 0.2) is 5.75 Å². The quantitative estimate of drug-likeness (QED) is 0.172. The summed E-state index contributed by atoms with van der Waals surface area (Å²) in [6.07, 6.45) is -0.938. The maximum atomic E-state index is 13.1. The fourth-order valence-corrected chi connectivity index (χ4v) is 4.55. The largest absolute Gasteiger partial charge is 0.493 e. The first-order valence-corrected chi connectivity index (χ1v) is 13.8. The van der Waals surface area contributed by atoms with Crippen LogP contribution in [0.4, 0.5) is 0 Å². The Morgan fingerprint density at radius 2 is 1.60 bits per heavy atom. The molecular formula is C30H38O10. The normalized spacial score (nSPS) is 22.8. The molecule has 1 aromatic heterocycles. The Morgan fingerprint density at radius 1 is 0.850 bits per heavy atom. The van der Waals surface area contributed by atoms with Gasteiger partial charge in [0, 0.05) is 6.07 Å². The van der Waals surface area contributed by atoms with Crippen molar-refractivity contribution in [1.29, 1.82) is 0 Å². The second kappa shape index (κ2) is 14.5. The molecule has 10 nitrogen and oxygen atoms in total. The summed E-state index contributed by atoms with van der Waals surface area (Å²) in [5.41, 5.74) is 0.150. The zero-order chi connectivity index (χ0) is 28.5. The molecule has 0 aliphatic carbocycles. The molecule has 4 rings (SSSR count). The van der Waals surface area contributed by atoms with Gasteiger partial charge in [0.1, 0.15) is 42.4 Å². The molecule has 0 radical (unpaired) electrons. The number of benzene rings is 2. The van der Waals surface area contributed by atoms with Crippen molar-refractivity contribution in [3.8, 4) is 17.2 Å². The van der Waals surface area contributed by atoms with E-state index in [9.17, 15) is 25.2 Å². The van der Waals surface area contributed by atoms with Gasteiger partial charge in [-0.1, -0.05) is 69.4 Å². The molecule has 3 aromatic rings. The van der Waals surface area contributed by atoms with Crippen molar-refractivity contribution in [2.24, 2.45) is 0 Å². The van der Waals surface area contributed by atoms with E-state index in [1.165, 1.54) is 25.7 Å². The maximum Gasteiger partial charge on any atom is 0.383 e. The van der Waals surface area contributed by atoms with Gasteiger partial charge in [-0.25, -0.2) is 4.79 Å². The number of aliphatic hydroxyl groups excluding tert-OH is 4. The van der Waals surface area contributed by atoms with Crippen molar-refractivity contribution < 1.29 is 43.8 Å². The Balaban J connectivity index is 1.58. The summed E-state index contributed by atoms with van der Waals surface area (Å²) in [6.45, 7) is 2.18. The molecule has 10 heteroatoms. The number of fused-ring (bicyclic) bond motifs is 1. The molecular weight excluding hydrogens is 520 g/mol. The van der Waals surface area contributed by atoms with E-state index in [0.29, 0.717) is 17.7 Å². The van der Waals surface area contributed by atoms with Gasteiger partial charge in [-0.15, -0.1) is 0 Å². The predicted molar refractivity (Wildman–Crippen MR) is 147 cm³/mol. The van der Waals surface area contributed by atoms with Crippen molar-refractivity contribution in [2.45, 2.75) is 82.8 Å². The molecule has 0 unspecified atom stereocenters. The van der Waals surface area contributed by atoms with E-state index >= 15 is 0 Å². The second-order valence-electron chi connectivity index (χ2n) is 9.91. The molecule has 1 aliphatic rings. The molecule has 2 aromatic carbocycles. The van der Waals surface area contributed by atoms with Crippen LogP contribution < -0.4 is 19.8 Å². The number of ether oxygens (including phenoxy) is 4. The summed E-state index contributed by atoms with van der Waals surface area (Å²) >= 11 is 0. The van der Waals surface area contributed by atoms with E-state index in [4.69, 9.17) is 23.4 Å². The molecule has 0 saturated carbocycles. The second-order valence-corrected chi connectivity index (χ2v) is 9.91. The number of aliphatic hydroxyl groups is 4. The van der Waals surface area contributed by atoms with Crippen LogP contribution in [0.2, 0.25) is 0 Å². The Bertz CT molecular complexity index is 1260. The van der Waals surface area contributed by atoms with Crippen molar-refractivity contribution >= 4 is 11.0 Å². The van der Waals surface area contributed by atoms with Gasteiger partial charge in [-0.2, -0.15) is 0 Å². The highest BCUT2D eigenvalue weighted by Gasteiger charge is 2.45. The summed E-state index contributed by atoms with van der Waals surface area (Å²) in [7, 11) is 0. The van der Waals surface area contributed by atoms with Crippen LogP contribution in [0.5, 0.6) is 17.2 Å². The van der Waals surface area contributed by atoms with E-state index in [0.717, 1.165) is 18.4 Å². The van der Waals surface area contributed by atoms with E-state index in [-0.39, 0.29) is 23.7 Å². The Morgan fingerprint density at radius 3 is 2.35 bits per heavy atom. The van der Waals surface area contributed by atoms with E-state index in [2.05, 4.69) is 6.92 Å². The highest BCUT2D eigenvalue weighted by atomic mass is 16.7. The smallest absolute Gasteiger partial charge is 0.383 e. The molecule has 2 heterocycles. The first-order valence-electron chi connectivity index (χ1n) is 13.8. The van der Waals surface area contributed by atoms with Crippen molar-refractivity contribution in [1.82, 2.24) is 0 Å². The highest BCUT2D eigenvalue weighted by Crippen LogP contribution is 2.37. The minimum atomic E-state index is -1.72. The van der Waals surface area contributed by atoms with Crippen molar-refractivity contribution in [3.63, 3.8) is 0 Å². The third kappa shape index (κ3) is 7.32. The average Bonchev–Trinajstić information content (AvgIpc) is 2.97. The summed E-state index contributed by atoms with van der Waals surface area (Å²) < 4.78 is 28.6. The van der Waals surface area contributed by atoms with Crippen LogP contribution in [-0.4, -0.2) is 64.3 Å². The minimum absolute atomic E-state index is 0.0505. The molecule has 1 saturated heterocycles. The number of hydrogen-bond acceptors (Lipinski definition) is 10. The number of rotatable bonds is 14. The number of hydrogen-bond donors (Lipinski definition) is 4. The van der Waals surface area contributed by atoms with Crippen LogP contribution in [-0.2, 0) is 11.3 Å². The van der Waals surface area contributed by atoms with E-state index in [1.54, 1.807) is 18.2 Å². The van der Waals surface area contributed by atoms with Crippen LogP contribution in [0.15, 0.2) is 57.7 Å². The Hall–Kier alpha value is -3.15. The zero-order valence-electron chi connectivity index (χ0n) is 22.6. The average molecular weight is 559 g/mol. The molecule has 0 amide bonds. The summed E-state index contributed by atoms with van der Waals surface area (Å²) in [5, 5.41) is 40.6. The van der Waals surface area contributed by atoms with Gasteiger partial charge in [-0.3, -0.25) is 0 Å². The van der Waals surface area contributed by atoms with Gasteiger partial charge < -0.3 is 43.8 Å². The lowest BCUT2D eigenvalue weighted by Gasteiger charge is -2.39. The topological polar surface area (TPSA) is 148 Å². The zero-order valence-corrected chi connectivity index (χ0v) is 22.6. The van der Waals surface area contributed by atoms with E-state index in [1.807, 2.05) is 30.3 Å². The first-order chi connectivity index (χ1) is 19.4. The van der Waals surface area contributed by atoms with Crippen molar-refractivity contribution in [3.05, 3.63) is 64.5 Å². The molecule has 0 spiro atoms. The van der Waals surface area contributed by atoms with Crippen LogP contribution in [0, 0.1) is 0 Å². The molecule has 5 atom stereocenters. The predicted octanol–water partition coefficient (Wildman–Crippen LogP) is 3.29. The lowest BCUT2D eigenvalue weighted by molar-refractivity contribution is -0.278. The molecule has 40 heavy (non-hydrogen) atoms. The minimum Gasteiger partial charge on any atom is -0.493 e. The lowest BCUT2D eigenvalue weighted by Crippen LogP contribution is -2.60.